The zero-order valence-corrected chi connectivity index (χ0v) is 10.7. The molecule has 100 valence electrons. The lowest BCUT2D eigenvalue weighted by Gasteiger charge is -2.04. The molecule has 0 aromatic heterocycles. The summed E-state index contributed by atoms with van der Waals surface area (Å²) in [5.74, 6) is 0.133. The van der Waals surface area contributed by atoms with Crippen molar-refractivity contribution in [3.05, 3.63) is 0 Å². The van der Waals surface area contributed by atoms with Crippen molar-refractivity contribution < 1.29 is 14.3 Å². The number of unbranched alkanes of at least 4 members (excludes halogenated alkanes) is 4. The minimum absolute atomic E-state index is 0.133. The molecule has 0 aliphatic rings. The molecule has 3 N–H and O–H groups in total. The van der Waals surface area contributed by atoms with Crippen molar-refractivity contribution in [1.29, 1.82) is 0 Å². The summed E-state index contributed by atoms with van der Waals surface area (Å²) in [4.78, 5) is 21.8. The van der Waals surface area contributed by atoms with Crippen molar-refractivity contribution in [2.75, 3.05) is 19.7 Å². The summed E-state index contributed by atoms with van der Waals surface area (Å²) >= 11 is 0. The van der Waals surface area contributed by atoms with E-state index in [4.69, 9.17) is 10.5 Å². The maximum absolute atomic E-state index is 10.9. The van der Waals surface area contributed by atoms with E-state index in [9.17, 15) is 9.59 Å². The van der Waals surface area contributed by atoms with Crippen LogP contribution in [-0.2, 0) is 9.53 Å². The molecular weight excluding hydrogens is 220 g/mol. The van der Waals surface area contributed by atoms with Gasteiger partial charge in [-0.3, -0.25) is 4.79 Å². The number of ketones is 1. The van der Waals surface area contributed by atoms with Gasteiger partial charge >= 0.3 is 6.09 Å². The second kappa shape index (κ2) is 11.4. The summed E-state index contributed by atoms with van der Waals surface area (Å²) in [7, 11) is 0. The number of alkyl carbamates (subject to hydrolysis) is 1. The first kappa shape index (κ1) is 15.9. The molecule has 0 rings (SSSR count). The molecule has 17 heavy (non-hydrogen) atoms. The van der Waals surface area contributed by atoms with Gasteiger partial charge in [0.15, 0.2) is 0 Å². The number of carbonyl (C=O) groups is 2. The summed E-state index contributed by atoms with van der Waals surface area (Å²) in [5, 5.41) is 2.67. The fraction of sp³-hybridized carbons (Fsp3) is 0.833. The molecule has 0 spiro atoms. The van der Waals surface area contributed by atoms with E-state index in [0.29, 0.717) is 19.6 Å². The first-order valence-electron chi connectivity index (χ1n) is 6.33. The van der Waals surface area contributed by atoms with E-state index in [1.807, 2.05) is 0 Å². The van der Waals surface area contributed by atoms with Crippen LogP contribution < -0.4 is 11.1 Å². The monoisotopic (exact) mass is 244 g/mol. The van der Waals surface area contributed by atoms with Crippen LogP contribution in [0.25, 0.3) is 0 Å². The minimum atomic E-state index is -0.346. The molecule has 0 fully saturated rings. The van der Waals surface area contributed by atoms with Crippen LogP contribution in [0.4, 0.5) is 4.79 Å². The lowest BCUT2D eigenvalue weighted by Crippen LogP contribution is -2.25. The van der Waals surface area contributed by atoms with Crippen LogP contribution in [0.3, 0.4) is 0 Å². The highest BCUT2D eigenvalue weighted by atomic mass is 16.5. The number of carbonyl (C=O) groups excluding carboxylic acids is 2. The van der Waals surface area contributed by atoms with Gasteiger partial charge in [0.2, 0.25) is 0 Å². The Kier molecular flexibility index (Phi) is 10.7. The molecule has 0 aromatic rings. The number of amides is 1. The molecule has 0 radical (unpaired) electrons. The van der Waals surface area contributed by atoms with E-state index in [-0.39, 0.29) is 18.4 Å². The van der Waals surface area contributed by atoms with E-state index in [1.165, 1.54) is 0 Å². The Morgan fingerprint density at radius 3 is 2.41 bits per heavy atom. The molecule has 0 aliphatic carbocycles. The average molecular weight is 244 g/mol. The van der Waals surface area contributed by atoms with Crippen LogP contribution in [0.1, 0.15) is 45.4 Å². The third kappa shape index (κ3) is 11.2. The van der Waals surface area contributed by atoms with Crippen molar-refractivity contribution in [2.45, 2.75) is 45.4 Å². The van der Waals surface area contributed by atoms with Crippen molar-refractivity contribution in [1.82, 2.24) is 5.32 Å². The molecule has 0 aliphatic heterocycles. The van der Waals surface area contributed by atoms with Gasteiger partial charge in [0.05, 0.1) is 13.2 Å². The molecule has 5 nitrogen and oxygen atoms in total. The Bertz CT molecular complexity index is 220. The van der Waals surface area contributed by atoms with Gasteiger partial charge in [-0.1, -0.05) is 19.3 Å². The van der Waals surface area contributed by atoms with Crippen molar-refractivity contribution >= 4 is 11.9 Å². The van der Waals surface area contributed by atoms with Crippen LogP contribution in [0.5, 0.6) is 0 Å². The van der Waals surface area contributed by atoms with E-state index in [1.54, 1.807) is 6.92 Å². The smallest absolute Gasteiger partial charge is 0.407 e. The van der Waals surface area contributed by atoms with Gasteiger partial charge in [-0.25, -0.2) is 4.79 Å². The summed E-state index contributed by atoms with van der Waals surface area (Å²) < 4.78 is 4.73. The molecule has 5 heteroatoms. The average Bonchev–Trinajstić information content (AvgIpc) is 2.32. The highest BCUT2D eigenvalue weighted by Crippen LogP contribution is 2.05. The second-order valence-electron chi connectivity index (χ2n) is 3.91. The van der Waals surface area contributed by atoms with Crippen LogP contribution in [0.15, 0.2) is 0 Å². The Balaban J connectivity index is 3.13. The Morgan fingerprint density at radius 2 is 1.76 bits per heavy atom. The minimum Gasteiger partial charge on any atom is -0.450 e. The van der Waals surface area contributed by atoms with Gasteiger partial charge in [-0.2, -0.15) is 0 Å². The number of nitrogens with one attached hydrogen (secondary N) is 1. The molecule has 0 saturated heterocycles. The van der Waals surface area contributed by atoms with E-state index in [2.05, 4.69) is 5.32 Å². The number of rotatable bonds is 10. The van der Waals surface area contributed by atoms with Gasteiger partial charge in [0, 0.05) is 13.0 Å². The van der Waals surface area contributed by atoms with Crippen molar-refractivity contribution in [3.63, 3.8) is 0 Å². The summed E-state index contributed by atoms with van der Waals surface area (Å²) in [6.45, 7) is 2.99. The summed E-state index contributed by atoms with van der Waals surface area (Å²) in [6, 6.07) is 0. The quantitative estimate of drug-likeness (QED) is 0.572. The van der Waals surface area contributed by atoms with Gasteiger partial charge < -0.3 is 15.8 Å². The standard InChI is InChI=1S/C12H24N2O3/c1-2-17-12(16)14-9-7-5-3-4-6-8-11(15)10-13/h2-10,13H2,1H3,(H,14,16). The lowest BCUT2D eigenvalue weighted by atomic mass is 10.1. The Hall–Kier alpha value is -1.10. The van der Waals surface area contributed by atoms with Crippen LogP contribution in [0.2, 0.25) is 0 Å². The predicted octanol–water partition coefficient (Wildman–Crippen LogP) is 1.60. The maximum Gasteiger partial charge on any atom is 0.407 e. The number of ether oxygens (including phenoxy) is 1. The first-order valence-corrected chi connectivity index (χ1v) is 6.33. The van der Waals surface area contributed by atoms with Crippen LogP contribution in [0, 0.1) is 0 Å². The van der Waals surface area contributed by atoms with Gasteiger partial charge in [0.25, 0.3) is 0 Å². The third-order valence-corrected chi connectivity index (χ3v) is 2.40. The first-order chi connectivity index (χ1) is 8.20. The predicted molar refractivity (Wildman–Crippen MR) is 66.8 cm³/mol. The van der Waals surface area contributed by atoms with Gasteiger partial charge in [-0.15, -0.1) is 0 Å². The number of Topliss-reactive ketones (excluding diaryl/α,β-unsaturated/α-hetero) is 1. The lowest BCUT2D eigenvalue weighted by molar-refractivity contribution is -0.117. The van der Waals surface area contributed by atoms with E-state index < -0.39 is 0 Å². The van der Waals surface area contributed by atoms with E-state index in [0.717, 1.165) is 32.1 Å². The number of hydrogen-bond donors (Lipinski definition) is 2. The molecule has 0 saturated carbocycles. The molecular formula is C12H24N2O3. The van der Waals surface area contributed by atoms with Gasteiger partial charge in [0.1, 0.15) is 5.78 Å². The molecule has 0 heterocycles. The van der Waals surface area contributed by atoms with Crippen molar-refractivity contribution in [2.24, 2.45) is 5.73 Å². The SMILES string of the molecule is CCOC(=O)NCCCCCCCC(=O)CN. The third-order valence-electron chi connectivity index (χ3n) is 2.40. The second-order valence-corrected chi connectivity index (χ2v) is 3.91. The molecule has 0 aromatic carbocycles. The molecule has 0 atom stereocenters. The zero-order valence-electron chi connectivity index (χ0n) is 10.7. The topological polar surface area (TPSA) is 81.4 Å². The summed E-state index contributed by atoms with van der Waals surface area (Å²) in [5.41, 5.74) is 5.20. The highest BCUT2D eigenvalue weighted by Gasteiger charge is 1.99. The number of nitrogens with two attached hydrogens (primary N) is 1. The molecule has 1 amide bonds. The molecule has 0 unspecified atom stereocenters. The fourth-order valence-electron chi connectivity index (χ4n) is 1.45. The Labute approximate surface area is 103 Å². The van der Waals surface area contributed by atoms with Crippen LogP contribution >= 0.6 is 0 Å². The molecule has 0 bridgehead atoms. The highest BCUT2D eigenvalue weighted by molar-refractivity contribution is 5.80. The summed E-state index contributed by atoms with van der Waals surface area (Å²) in [6.07, 6.45) is 5.31. The normalized spacial score (nSPS) is 10.0. The van der Waals surface area contributed by atoms with Gasteiger partial charge in [-0.05, 0) is 19.8 Å². The fourth-order valence-corrected chi connectivity index (χ4v) is 1.45. The Morgan fingerprint density at radius 1 is 1.12 bits per heavy atom. The maximum atomic E-state index is 10.9. The largest absolute Gasteiger partial charge is 0.450 e. The number of hydrogen-bond acceptors (Lipinski definition) is 4. The zero-order chi connectivity index (χ0) is 12.9. The van der Waals surface area contributed by atoms with Crippen LogP contribution in [-0.4, -0.2) is 31.6 Å². The van der Waals surface area contributed by atoms with Crippen molar-refractivity contribution in [3.8, 4) is 0 Å². The van der Waals surface area contributed by atoms with E-state index >= 15 is 0 Å².